The number of carbonyl (C=O) groups excluding carboxylic acids is 2. The van der Waals surface area contributed by atoms with Gasteiger partial charge in [0.25, 0.3) is 0 Å². The first-order chi connectivity index (χ1) is 13.1. The van der Waals surface area contributed by atoms with E-state index >= 15 is 0 Å². The van der Waals surface area contributed by atoms with Crippen molar-refractivity contribution in [2.24, 2.45) is 0 Å². The first-order valence-electron chi connectivity index (χ1n) is 8.73. The van der Waals surface area contributed by atoms with Crippen molar-refractivity contribution in [2.75, 3.05) is 19.7 Å². The zero-order chi connectivity index (χ0) is 20.9. The highest BCUT2D eigenvalue weighted by molar-refractivity contribution is 5.84. The SMILES string of the molecule is CCOC(=O)CN(CC(F)(F)F)C(=O)Cc1c(C)nn(-c2ccccc2)c1C. The molecule has 0 bridgehead atoms. The van der Waals surface area contributed by atoms with Crippen molar-refractivity contribution >= 4 is 11.9 Å². The zero-order valence-corrected chi connectivity index (χ0v) is 15.9. The Morgan fingerprint density at radius 2 is 1.82 bits per heavy atom. The van der Waals surface area contributed by atoms with Gasteiger partial charge in [0.15, 0.2) is 0 Å². The second-order valence-corrected chi connectivity index (χ2v) is 6.24. The normalized spacial score (nSPS) is 11.4. The molecule has 1 aromatic heterocycles. The van der Waals surface area contributed by atoms with E-state index in [2.05, 4.69) is 9.84 Å². The van der Waals surface area contributed by atoms with Crippen LogP contribution in [-0.4, -0.2) is 52.4 Å². The average Bonchev–Trinajstić information content (AvgIpc) is 2.89. The Kier molecular flexibility index (Phi) is 6.82. The first kappa shape index (κ1) is 21.5. The van der Waals surface area contributed by atoms with Crippen LogP contribution in [0.2, 0.25) is 0 Å². The van der Waals surface area contributed by atoms with E-state index in [-0.39, 0.29) is 13.0 Å². The van der Waals surface area contributed by atoms with E-state index in [0.29, 0.717) is 21.9 Å². The molecule has 6 nitrogen and oxygen atoms in total. The van der Waals surface area contributed by atoms with Gasteiger partial charge in [0.2, 0.25) is 5.91 Å². The molecule has 0 saturated carbocycles. The van der Waals surface area contributed by atoms with Crippen LogP contribution in [0.1, 0.15) is 23.9 Å². The minimum absolute atomic E-state index is 0.0228. The fourth-order valence-corrected chi connectivity index (χ4v) is 2.83. The Balaban J connectivity index is 2.25. The third-order valence-corrected chi connectivity index (χ3v) is 4.12. The van der Waals surface area contributed by atoms with Crippen LogP contribution in [-0.2, 0) is 20.7 Å². The Bertz CT molecular complexity index is 832. The molecule has 0 atom stereocenters. The van der Waals surface area contributed by atoms with Crippen LogP contribution in [0.25, 0.3) is 5.69 Å². The molecule has 0 aliphatic carbocycles. The molecule has 0 N–H and O–H groups in total. The van der Waals surface area contributed by atoms with Gasteiger partial charge in [-0.05, 0) is 32.9 Å². The van der Waals surface area contributed by atoms with Gasteiger partial charge in [-0.2, -0.15) is 18.3 Å². The molecule has 2 rings (SSSR count). The number of benzene rings is 1. The second kappa shape index (κ2) is 8.90. The molecule has 1 heterocycles. The number of hydrogen-bond acceptors (Lipinski definition) is 4. The molecule has 152 valence electrons. The number of carbonyl (C=O) groups is 2. The van der Waals surface area contributed by atoms with E-state index in [1.165, 1.54) is 0 Å². The van der Waals surface area contributed by atoms with Crippen molar-refractivity contribution in [1.29, 1.82) is 0 Å². The van der Waals surface area contributed by atoms with Gasteiger partial charge >= 0.3 is 12.1 Å². The van der Waals surface area contributed by atoms with E-state index in [0.717, 1.165) is 5.69 Å². The van der Waals surface area contributed by atoms with E-state index in [9.17, 15) is 22.8 Å². The van der Waals surface area contributed by atoms with Gasteiger partial charge in [-0.15, -0.1) is 0 Å². The smallest absolute Gasteiger partial charge is 0.406 e. The quantitative estimate of drug-likeness (QED) is 0.674. The van der Waals surface area contributed by atoms with Crippen LogP contribution in [0.5, 0.6) is 0 Å². The molecule has 2 aromatic rings. The fourth-order valence-electron chi connectivity index (χ4n) is 2.83. The fraction of sp³-hybridized carbons (Fsp3) is 0.421. The van der Waals surface area contributed by atoms with Crippen LogP contribution in [0.3, 0.4) is 0 Å². The summed E-state index contributed by atoms with van der Waals surface area (Å²) in [6.45, 7) is 2.73. The summed E-state index contributed by atoms with van der Waals surface area (Å²) in [4.78, 5) is 24.6. The van der Waals surface area contributed by atoms with Gasteiger partial charge in [-0.1, -0.05) is 18.2 Å². The van der Waals surface area contributed by atoms with Gasteiger partial charge in [0.05, 0.1) is 24.4 Å². The average molecular weight is 397 g/mol. The van der Waals surface area contributed by atoms with Gasteiger partial charge < -0.3 is 9.64 Å². The number of aromatic nitrogens is 2. The number of ether oxygens (including phenoxy) is 1. The summed E-state index contributed by atoms with van der Waals surface area (Å²) in [5.41, 5.74) is 2.50. The highest BCUT2D eigenvalue weighted by atomic mass is 19.4. The number of alkyl halides is 3. The molecule has 1 amide bonds. The van der Waals surface area contributed by atoms with Crippen LogP contribution >= 0.6 is 0 Å². The summed E-state index contributed by atoms with van der Waals surface area (Å²) in [6.07, 6.45) is -4.92. The Morgan fingerprint density at radius 3 is 2.39 bits per heavy atom. The summed E-state index contributed by atoms with van der Waals surface area (Å²) in [5, 5.41) is 4.39. The number of amides is 1. The predicted molar refractivity (Wildman–Crippen MR) is 96.0 cm³/mol. The summed E-state index contributed by atoms with van der Waals surface area (Å²) in [5.74, 6) is -1.70. The number of para-hydroxylation sites is 1. The van der Waals surface area contributed by atoms with Crippen molar-refractivity contribution in [1.82, 2.24) is 14.7 Å². The lowest BCUT2D eigenvalue weighted by atomic mass is 10.1. The Hall–Kier alpha value is -2.84. The number of aryl methyl sites for hydroxylation is 1. The lowest BCUT2D eigenvalue weighted by Gasteiger charge is -2.23. The first-order valence-corrected chi connectivity index (χ1v) is 8.73. The van der Waals surface area contributed by atoms with Crippen molar-refractivity contribution in [3.63, 3.8) is 0 Å². The number of nitrogens with zero attached hydrogens (tertiary/aromatic N) is 3. The second-order valence-electron chi connectivity index (χ2n) is 6.24. The van der Waals surface area contributed by atoms with Crippen LogP contribution in [0, 0.1) is 13.8 Å². The Morgan fingerprint density at radius 1 is 1.18 bits per heavy atom. The van der Waals surface area contributed by atoms with E-state index in [1.807, 2.05) is 30.3 Å². The third-order valence-electron chi connectivity index (χ3n) is 4.12. The van der Waals surface area contributed by atoms with Crippen molar-refractivity contribution < 1.29 is 27.5 Å². The molecule has 0 spiro atoms. The molecular weight excluding hydrogens is 375 g/mol. The summed E-state index contributed by atoms with van der Waals surface area (Å²) in [7, 11) is 0. The molecule has 0 aliphatic rings. The lowest BCUT2D eigenvalue weighted by molar-refractivity contribution is -0.167. The van der Waals surface area contributed by atoms with Crippen LogP contribution in [0.4, 0.5) is 13.2 Å². The van der Waals surface area contributed by atoms with Gasteiger partial charge in [0.1, 0.15) is 13.1 Å². The molecule has 28 heavy (non-hydrogen) atoms. The summed E-state index contributed by atoms with van der Waals surface area (Å²) in [6, 6.07) is 9.19. The maximum atomic E-state index is 12.9. The largest absolute Gasteiger partial charge is 0.465 e. The van der Waals surface area contributed by atoms with Gasteiger partial charge in [0, 0.05) is 11.3 Å². The molecule has 0 unspecified atom stereocenters. The van der Waals surface area contributed by atoms with E-state index in [4.69, 9.17) is 0 Å². The third kappa shape index (κ3) is 5.58. The standard InChI is InChI=1S/C19H22F3N3O3/c1-4-28-18(27)11-24(12-19(20,21)22)17(26)10-16-13(2)23-25(14(16)3)15-8-6-5-7-9-15/h5-9H,4,10-12H2,1-3H3. The topological polar surface area (TPSA) is 64.4 Å². The monoisotopic (exact) mass is 397 g/mol. The molecule has 1 aromatic carbocycles. The number of hydrogen-bond donors (Lipinski definition) is 0. The highest BCUT2D eigenvalue weighted by Crippen LogP contribution is 2.21. The molecule has 0 radical (unpaired) electrons. The van der Waals surface area contributed by atoms with Crippen LogP contribution in [0.15, 0.2) is 30.3 Å². The predicted octanol–water partition coefficient (Wildman–Crippen LogP) is 2.99. The molecular formula is C19H22F3N3O3. The van der Waals surface area contributed by atoms with Crippen molar-refractivity contribution in [3.8, 4) is 5.69 Å². The number of esters is 1. The maximum Gasteiger partial charge on any atom is 0.406 e. The van der Waals surface area contributed by atoms with Crippen LogP contribution < -0.4 is 0 Å². The minimum atomic E-state index is -4.62. The van der Waals surface area contributed by atoms with Crippen molar-refractivity contribution in [3.05, 3.63) is 47.3 Å². The lowest BCUT2D eigenvalue weighted by Crippen LogP contribution is -2.43. The van der Waals surface area contributed by atoms with E-state index < -0.39 is 31.1 Å². The molecule has 0 aliphatic heterocycles. The Labute approximate surface area is 160 Å². The summed E-state index contributed by atoms with van der Waals surface area (Å²) >= 11 is 0. The maximum absolute atomic E-state index is 12.9. The zero-order valence-electron chi connectivity index (χ0n) is 15.9. The minimum Gasteiger partial charge on any atom is -0.465 e. The van der Waals surface area contributed by atoms with Gasteiger partial charge in [-0.3, -0.25) is 9.59 Å². The number of halogens is 3. The van der Waals surface area contributed by atoms with Crippen molar-refractivity contribution in [2.45, 2.75) is 33.4 Å². The summed E-state index contributed by atoms with van der Waals surface area (Å²) < 4.78 is 44.9. The van der Waals surface area contributed by atoms with E-state index in [1.54, 1.807) is 25.5 Å². The molecule has 0 fully saturated rings. The molecule has 9 heteroatoms. The molecule has 0 saturated heterocycles. The van der Waals surface area contributed by atoms with Gasteiger partial charge in [-0.25, -0.2) is 4.68 Å². The number of rotatable bonds is 7. The highest BCUT2D eigenvalue weighted by Gasteiger charge is 2.34.